The smallest absolute Gasteiger partial charge is 0.0643 e. The maximum Gasteiger partial charge on any atom is 0.0643 e. The lowest BCUT2D eigenvalue weighted by Gasteiger charge is -2.00. The summed E-state index contributed by atoms with van der Waals surface area (Å²) in [5, 5.41) is 4.66. The molecule has 0 unspecified atom stereocenters. The molecule has 0 spiro atoms. The van der Waals surface area contributed by atoms with E-state index in [0.717, 1.165) is 18.6 Å². The molecular formula is C11H15N3. The van der Waals surface area contributed by atoms with E-state index in [2.05, 4.69) is 34.5 Å². The standard InChI is InChI=1S/C11H15N3/c1-2-4-12-6-9-7-14-11-8-13-5-3-10(9)11/h3,5,7-8,12,14H,2,4,6H2,1H3. The Morgan fingerprint density at radius 3 is 3.29 bits per heavy atom. The van der Waals surface area contributed by atoms with E-state index in [1.807, 2.05) is 12.4 Å². The van der Waals surface area contributed by atoms with E-state index in [1.165, 1.54) is 17.4 Å². The Balaban J connectivity index is 2.17. The van der Waals surface area contributed by atoms with Gasteiger partial charge in [-0.25, -0.2) is 0 Å². The van der Waals surface area contributed by atoms with Crippen LogP contribution in [0.2, 0.25) is 0 Å². The topological polar surface area (TPSA) is 40.7 Å². The average Bonchev–Trinajstić information content (AvgIpc) is 2.63. The molecule has 3 nitrogen and oxygen atoms in total. The van der Waals surface area contributed by atoms with E-state index in [9.17, 15) is 0 Å². The zero-order chi connectivity index (χ0) is 9.80. The number of nitrogens with one attached hydrogen (secondary N) is 2. The van der Waals surface area contributed by atoms with Crippen LogP contribution in [0.3, 0.4) is 0 Å². The van der Waals surface area contributed by atoms with E-state index >= 15 is 0 Å². The van der Waals surface area contributed by atoms with Gasteiger partial charge in [0.05, 0.1) is 11.7 Å². The van der Waals surface area contributed by atoms with E-state index in [0.29, 0.717) is 0 Å². The SMILES string of the molecule is CCCNCc1c[nH]c2cnccc12. The molecule has 3 heteroatoms. The monoisotopic (exact) mass is 189 g/mol. The minimum atomic E-state index is 0.928. The molecule has 0 aromatic carbocycles. The summed E-state index contributed by atoms with van der Waals surface area (Å²) in [6, 6.07) is 2.05. The molecular weight excluding hydrogens is 174 g/mol. The molecule has 0 bridgehead atoms. The van der Waals surface area contributed by atoms with E-state index in [1.54, 1.807) is 0 Å². The summed E-state index contributed by atoms with van der Waals surface area (Å²) in [7, 11) is 0. The van der Waals surface area contributed by atoms with Crippen LogP contribution < -0.4 is 5.32 Å². The summed E-state index contributed by atoms with van der Waals surface area (Å²) in [6.45, 7) is 4.17. The predicted molar refractivity (Wildman–Crippen MR) is 58.1 cm³/mol. The Bertz CT molecular complexity index is 406. The minimum absolute atomic E-state index is 0.928. The van der Waals surface area contributed by atoms with E-state index < -0.39 is 0 Å². The number of aromatic amines is 1. The van der Waals surface area contributed by atoms with Crippen LogP contribution in [0.25, 0.3) is 10.9 Å². The summed E-state index contributed by atoms with van der Waals surface area (Å²) < 4.78 is 0. The molecule has 0 saturated heterocycles. The highest BCUT2D eigenvalue weighted by atomic mass is 14.9. The summed E-state index contributed by atoms with van der Waals surface area (Å²) >= 11 is 0. The highest BCUT2D eigenvalue weighted by Crippen LogP contribution is 2.15. The van der Waals surface area contributed by atoms with Gasteiger partial charge in [-0.1, -0.05) is 6.92 Å². The summed E-state index contributed by atoms with van der Waals surface area (Å²) in [5.74, 6) is 0. The first-order valence-corrected chi connectivity index (χ1v) is 5.02. The van der Waals surface area contributed by atoms with Gasteiger partial charge in [0.2, 0.25) is 0 Å². The van der Waals surface area contributed by atoms with Gasteiger partial charge >= 0.3 is 0 Å². The maximum atomic E-state index is 4.07. The van der Waals surface area contributed by atoms with Gasteiger partial charge in [0, 0.05) is 24.3 Å². The quantitative estimate of drug-likeness (QED) is 0.723. The largest absolute Gasteiger partial charge is 0.360 e. The van der Waals surface area contributed by atoms with Gasteiger partial charge < -0.3 is 10.3 Å². The fourth-order valence-electron chi connectivity index (χ4n) is 1.58. The molecule has 2 heterocycles. The Morgan fingerprint density at radius 1 is 1.50 bits per heavy atom. The second-order valence-electron chi connectivity index (χ2n) is 3.41. The predicted octanol–water partition coefficient (Wildman–Crippen LogP) is 2.06. The van der Waals surface area contributed by atoms with Crippen molar-refractivity contribution in [3.63, 3.8) is 0 Å². The van der Waals surface area contributed by atoms with Crippen LogP contribution in [0.4, 0.5) is 0 Å². The molecule has 0 aliphatic heterocycles. The van der Waals surface area contributed by atoms with Crippen molar-refractivity contribution in [2.75, 3.05) is 6.54 Å². The molecule has 2 aromatic heterocycles. The van der Waals surface area contributed by atoms with Crippen molar-refractivity contribution in [3.8, 4) is 0 Å². The molecule has 0 radical (unpaired) electrons. The Kier molecular flexibility index (Phi) is 2.79. The van der Waals surface area contributed by atoms with Gasteiger partial charge in [0.15, 0.2) is 0 Å². The second kappa shape index (κ2) is 4.24. The highest BCUT2D eigenvalue weighted by Gasteiger charge is 2.01. The van der Waals surface area contributed by atoms with Crippen molar-refractivity contribution in [3.05, 3.63) is 30.2 Å². The Hall–Kier alpha value is -1.35. The van der Waals surface area contributed by atoms with Crippen LogP contribution in [0, 0.1) is 0 Å². The van der Waals surface area contributed by atoms with Crippen molar-refractivity contribution in [2.45, 2.75) is 19.9 Å². The number of pyridine rings is 1. The molecule has 0 saturated carbocycles. The van der Waals surface area contributed by atoms with E-state index in [-0.39, 0.29) is 0 Å². The first-order valence-electron chi connectivity index (χ1n) is 5.02. The molecule has 0 fully saturated rings. The van der Waals surface area contributed by atoms with Gasteiger partial charge in [-0.05, 0) is 24.6 Å². The van der Waals surface area contributed by atoms with Crippen LogP contribution in [0.5, 0.6) is 0 Å². The molecule has 2 aromatic rings. The minimum Gasteiger partial charge on any atom is -0.360 e. The molecule has 0 aliphatic rings. The lowest BCUT2D eigenvalue weighted by atomic mass is 10.2. The zero-order valence-corrected chi connectivity index (χ0v) is 8.38. The van der Waals surface area contributed by atoms with Crippen LogP contribution in [-0.4, -0.2) is 16.5 Å². The van der Waals surface area contributed by atoms with Gasteiger partial charge in [0.25, 0.3) is 0 Å². The Labute approximate surface area is 83.6 Å². The van der Waals surface area contributed by atoms with Crippen molar-refractivity contribution in [1.82, 2.24) is 15.3 Å². The number of aromatic nitrogens is 2. The lowest BCUT2D eigenvalue weighted by Crippen LogP contribution is -2.13. The summed E-state index contributed by atoms with van der Waals surface area (Å²) in [5.41, 5.74) is 2.43. The van der Waals surface area contributed by atoms with Crippen LogP contribution in [-0.2, 0) is 6.54 Å². The Morgan fingerprint density at radius 2 is 2.43 bits per heavy atom. The van der Waals surface area contributed by atoms with Gasteiger partial charge in [-0.15, -0.1) is 0 Å². The lowest BCUT2D eigenvalue weighted by molar-refractivity contribution is 0.678. The first-order chi connectivity index (χ1) is 6.92. The van der Waals surface area contributed by atoms with Gasteiger partial charge in [-0.3, -0.25) is 4.98 Å². The molecule has 0 atom stereocenters. The van der Waals surface area contributed by atoms with Gasteiger partial charge in [-0.2, -0.15) is 0 Å². The molecule has 0 aliphatic carbocycles. The number of fused-ring (bicyclic) bond motifs is 1. The zero-order valence-electron chi connectivity index (χ0n) is 8.38. The van der Waals surface area contributed by atoms with E-state index in [4.69, 9.17) is 0 Å². The fraction of sp³-hybridized carbons (Fsp3) is 0.364. The summed E-state index contributed by atoms with van der Waals surface area (Å²) in [4.78, 5) is 7.28. The van der Waals surface area contributed by atoms with Crippen molar-refractivity contribution >= 4 is 10.9 Å². The molecule has 74 valence electrons. The van der Waals surface area contributed by atoms with Crippen LogP contribution in [0.1, 0.15) is 18.9 Å². The summed E-state index contributed by atoms with van der Waals surface area (Å²) in [6.07, 6.45) is 6.91. The number of hydrogen-bond acceptors (Lipinski definition) is 2. The molecule has 14 heavy (non-hydrogen) atoms. The number of rotatable bonds is 4. The van der Waals surface area contributed by atoms with Gasteiger partial charge in [0.1, 0.15) is 0 Å². The third-order valence-electron chi connectivity index (χ3n) is 2.31. The molecule has 0 amide bonds. The average molecular weight is 189 g/mol. The number of H-pyrrole nitrogens is 1. The molecule has 2 N–H and O–H groups in total. The van der Waals surface area contributed by atoms with Crippen LogP contribution in [0.15, 0.2) is 24.7 Å². The van der Waals surface area contributed by atoms with Crippen molar-refractivity contribution in [2.24, 2.45) is 0 Å². The second-order valence-corrected chi connectivity index (χ2v) is 3.41. The fourth-order valence-corrected chi connectivity index (χ4v) is 1.58. The number of hydrogen-bond donors (Lipinski definition) is 2. The number of nitrogens with zero attached hydrogens (tertiary/aromatic N) is 1. The molecule has 2 rings (SSSR count). The maximum absolute atomic E-state index is 4.07. The third kappa shape index (κ3) is 1.77. The van der Waals surface area contributed by atoms with Crippen molar-refractivity contribution < 1.29 is 0 Å². The van der Waals surface area contributed by atoms with Crippen molar-refractivity contribution in [1.29, 1.82) is 0 Å². The highest BCUT2D eigenvalue weighted by molar-refractivity contribution is 5.81. The normalized spacial score (nSPS) is 10.9. The first kappa shape index (κ1) is 9.21. The third-order valence-corrected chi connectivity index (χ3v) is 2.31. The van der Waals surface area contributed by atoms with Crippen LogP contribution >= 0.6 is 0 Å².